The third kappa shape index (κ3) is 2.53. The molecule has 96 valence electrons. The summed E-state index contributed by atoms with van der Waals surface area (Å²) in [4.78, 5) is 8.41. The summed E-state index contributed by atoms with van der Waals surface area (Å²) in [5, 5.41) is 7.67. The first-order chi connectivity index (χ1) is 9.35. The van der Waals surface area contributed by atoms with Crippen LogP contribution in [0.5, 0.6) is 0 Å². The molecule has 3 rings (SSSR count). The number of anilines is 2. The zero-order valence-electron chi connectivity index (χ0n) is 10.3. The summed E-state index contributed by atoms with van der Waals surface area (Å²) in [6.07, 6.45) is 6.13. The van der Waals surface area contributed by atoms with E-state index < -0.39 is 0 Å². The number of pyridine rings is 1. The van der Waals surface area contributed by atoms with Gasteiger partial charge in [0, 0.05) is 24.5 Å². The third-order valence-electron chi connectivity index (χ3n) is 2.72. The van der Waals surface area contributed by atoms with E-state index in [-0.39, 0.29) is 0 Å². The van der Waals surface area contributed by atoms with E-state index in [1.165, 1.54) is 0 Å². The summed E-state index contributed by atoms with van der Waals surface area (Å²) in [5.74, 6) is 0.760. The van der Waals surface area contributed by atoms with Crippen molar-refractivity contribution < 1.29 is 0 Å². The molecule has 0 fully saturated rings. The zero-order valence-corrected chi connectivity index (χ0v) is 10.3. The van der Waals surface area contributed by atoms with Gasteiger partial charge in [0.25, 0.3) is 0 Å². The van der Waals surface area contributed by atoms with Gasteiger partial charge in [-0.15, -0.1) is 5.10 Å². The Hall–Kier alpha value is -2.47. The lowest BCUT2D eigenvalue weighted by Gasteiger charge is -2.04. The number of nitrogens with two attached hydrogens (primary N) is 1. The van der Waals surface area contributed by atoms with Gasteiger partial charge in [0.1, 0.15) is 0 Å². The molecule has 3 aromatic rings. The fraction of sp³-hybridized carbons (Fsp3) is 0.154. The first-order valence-corrected chi connectivity index (χ1v) is 6.07. The minimum absolute atomic E-state index is 0.589. The monoisotopic (exact) mass is 254 g/mol. The molecule has 0 aromatic carbocycles. The SMILES string of the molecule is NCCc1cn2nc(Nc3ccncc3)ccc2n1. The smallest absolute Gasteiger partial charge is 0.153 e. The molecule has 3 heterocycles. The molecule has 0 amide bonds. The van der Waals surface area contributed by atoms with Gasteiger partial charge >= 0.3 is 0 Å². The molecule has 19 heavy (non-hydrogen) atoms. The Morgan fingerprint density at radius 2 is 2.00 bits per heavy atom. The van der Waals surface area contributed by atoms with Crippen molar-refractivity contribution in [3.63, 3.8) is 0 Å². The molecule has 3 aromatic heterocycles. The average Bonchev–Trinajstić information content (AvgIpc) is 2.82. The average molecular weight is 254 g/mol. The lowest BCUT2D eigenvalue weighted by Crippen LogP contribution is -2.02. The van der Waals surface area contributed by atoms with Crippen molar-refractivity contribution in [3.05, 3.63) is 48.5 Å². The molecule has 6 nitrogen and oxygen atoms in total. The van der Waals surface area contributed by atoms with Crippen LogP contribution in [0.1, 0.15) is 5.69 Å². The van der Waals surface area contributed by atoms with Crippen LogP contribution >= 0.6 is 0 Å². The number of nitrogens with zero attached hydrogens (tertiary/aromatic N) is 4. The molecule has 3 N–H and O–H groups in total. The van der Waals surface area contributed by atoms with Gasteiger partial charge in [-0.05, 0) is 30.8 Å². The van der Waals surface area contributed by atoms with E-state index in [1.807, 2.05) is 30.5 Å². The van der Waals surface area contributed by atoms with Crippen LogP contribution in [-0.2, 0) is 6.42 Å². The summed E-state index contributed by atoms with van der Waals surface area (Å²) in [6, 6.07) is 7.60. The summed E-state index contributed by atoms with van der Waals surface area (Å²) >= 11 is 0. The minimum Gasteiger partial charge on any atom is -0.339 e. The number of aromatic nitrogens is 4. The molecule has 0 aliphatic heterocycles. The first-order valence-electron chi connectivity index (χ1n) is 6.07. The molecule has 0 unspecified atom stereocenters. The Morgan fingerprint density at radius 3 is 2.79 bits per heavy atom. The predicted octanol–water partition coefficient (Wildman–Crippen LogP) is 1.37. The molecular formula is C13H14N6. The maximum absolute atomic E-state index is 5.53. The molecule has 0 radical (unpaired) electrons. The van der Waals surface area contributed by atoms with Crippen LogP contribution in [0.25, 0.3) is 5.65 Å². The normalized spacial score (nSPS) is 10.8. The van der Waals surface area contributed by atoms with Crippen LogP contribution in [0.4, 0.5) is 11.5 Å². The number of hydrogen-bond donors (Lipinski definition) is 2. The standard InChI is InChI=1S/C13H14N6/c14-6-3-11-9-19-13(17-11)2-1-12(18-19)16-10-4-7-15-8-5-10/h1-2,4-5,7-9H,3,6,14H2,(H,15,16,18). The Morgan fingerprint density at radius 1 is 1.16 bits per heavy atom. The number of nitrogens with one attached hydrogen (secondary N) is 1. The fourth-order valence-corrected chi connectivity index (χ4v) is 1.85. The van der Waals surface area contributed by atoms with Gasteiger partial charge in [-0.1, -0.05) is 0 Å². The number of fused-ring (bicyclic) bond motifs is 1. The van der Waals surface area contributed by atoms with E-state index in [9.17, 15) is 0 Å². The number of hydrogen-bond acceptors (Lipinski definition) is 5. The topological polar surface area (TPSA) is 81.1 Å². The maximum Gasteiger partial charge on any atom is 0.153 e. The van der Waals surface area contributed by atoms with Crippen LogP contribution in [0.3, 0.4) is 0 Å². The second-order valence-corrected chi connectivity index (χ2v) is 4.15. The summed E-state index contributed by atoms with van der Waals surface area (Å²) in [7, 11) is 0. The van der Waals surface area contributed by atoms with Crippen molar-refractivity contribution in [1.29, 1.82) is 0 Å². The van der Waals surface area contributed by atoms with Crippen LogP contribution in [0, 0.1) is 0 Å². The summed E-state index contributed by atoms with van der Waals surface area (Å²) in [5.41, 5.74) is 8.25. The lowest BCUT2D eigenvalue weighted by atomic mass is 10.3. The van der Waals surface area contributed by atoms with E-state index >= 15 is 0 Å². The predicted molar refractivity (Wildman–Crippen MR) is 73.3 cm³/mol. The van der Waals surface area contributed by atoms with Gasteiger partial charge in [0.05, 0.1) is 11.9 Å². The van der Waals surface area contributed by atoms with E-state index in [0.29, 0.717) is 6.54 Å². The zero-order chi connectivity index (χ0) is 13.1. The van der Waals surface area contributed by atoms with Crippen molar-refractivity contribution in [2.24, 2.45) is 5.73 Å². The molecular weight excluding hydrogens is 240 g/mol. The van der Waals surface area contributed by atoms with E-state index in [4.69, 9.17) is 5.73 Å². The van der Waals surface area contributed by atoms with Gasteiger partial charge in [-0.3, -0.25) is 4.98 Å². The summed E-state index contributed by atoms with van der Waals surface area (Å²) in [6.45, 7) is 0.589. The van der Waals surface area contributed by atoms with Crippen molar-refractivity contribution >= 4 is 17.2 Å². The Bertz CT molecular complexity index is 676. The van der Waals surface area contributed by atoms with Gasteiger partial charge in [0.2, 0.25) is 0 Å². The minimum atomic E-state index is 0.589. The second-order valence-electron chi connectivity index (χ2n) is 4.15. The molecule has 0 aliphatic carbocycles. The van der Waals surface area contributed by atoms with E-state index in [2.05, 4.69) is 20.4 Å². The molecule has 0 aliphatic rings. The molecule has 0 saturated heterocycles. The Kier molecular flexibility index (Phi) is 3.07. The highest BCUT2D eigenvalue weighted by atomic mass is 15.3. The first kappa shape index (κ1) is 11.6. The molecule has 0 atom stereocenters. The highest BCUT2D eigenvalue weighted by Crippen LogP contribution is 2.14. The van der Waals surface area contributed by atoms with Gasteiger partial charge in [-0.2, -0.15) is 0 Å². The van der Waals surface area contributed by atoms with Gasteiger partial charge < -0.3 is 11.1 Å². The Labute approximate surface area is 110 Å². The lowest BCUT2D eigenvalue weighted by molar-refractivity contribution is 0.917. The summed E-state index contributed by atoms with van der Waals surface area (Å²) < 4.78 is 1.76. The molecule has 0 spiro atoms. The fourth-order valence-electron chi connectivity index (χ4n) is 1.85. The van der Waals surface area contributed by atoms with Gasteiger partial charge in [-0.25, -0.2) is 9.50 Å². The second kappa shape index (κ2) is 5.03. The van der Waals surface area contributed by atoms with E-state index in [0.717, 1.165) is 29.3 Å². The maximum atomic E-state index is 5.53. The van der Waals surface area contributed by atoms with Crippen molar-refractivity contribution in [2.75, 3.05) is 11.9 Å². The van der Waals surface area contributed by atoms with Crippen LogP contribution in [0.2, 0.25) is 0 Å². The van der Waals surface area contributed by atoms with Crippen molar-refractivity contribution in [2.45, 2.75) is 6.42 Å². The van der Waals surface area contributed by atoms with Gasteiger partial charge in [0.15, 0.2) is 11.5 Å². The highest BCUT2D eigenvalue weighted by Gasteiger charge is 2.03. The van der Waals surface area contributed by atoms with Crippen LogP contribution in [-0.4, -0.2) is 26.1 Å². The van der Waals surface area contributed by atoms with Crippen LogP contribution < -0.4 is 11.1 Å². The highest BCUT2D eigenvalue weighted by molar-refractivity contribution is 5.56. The molecule has 0 saturated carbocycles. The largest absolute Gasteiger partial charge is 0.339 e. The quantitative estimate of drug-likeness (QED) is 0.735. The Balaban J connectivity index is 1.88. The van der Waals surface area contributed by atoms with Crippen molar-refractivity contribution in [3.8, 4) is 0 Å². The van der Waals surface area contributed by atoms with Crippen molar-refractivity contribution in [1.82, 2.24) is 19.6 Å². The van der Waals surface area contributed by atoms with E-state index in [1.54, 1.807) is 16.9 Å². The third-order valence-corrected chi connectivity index (χ3v) is 2.72. The number of imidazole rings is 1. The number of rotatable bonds is 4. The molecule has 0 bridgehead atoms. The molecule has 6 heteroatoms. The van der Waals surface area contributed by atoms with Crippen LogP contribution in [0.15, 0.2) is 42.9 Å².